The summed E-state index contributed by atoms with van der Waals surface area (Å²) >= 11 is 9.51. The second-order valence-electron chi connectivity index (χ2n) is 4.22. The molecule has 0 aliphatic carbocycles. The van der Waals surface area contributed by atoms with Gasteiger partial charge in [0.25, 0.3) is 0 Å². The fourth-order valence-corrected chi connectivity index (χ4v) is 2.40. The van der Waals surface area contributed by atoms with Crippen molar-refractivity contribution in [1.82, 2.24) is 0 Å². The number of aromatic hydroxyl groups is 1. The molecule has 100 valence electrons. The normalized spacial score (nSPS) is 10.5. The van der Waals surface area contributed by atoms with Crippen LogP contribution in [0.15, 0.2) is 34.8 Å². The maximum absolute atomic E-state index is 13.2. The van der Waals surface area contributed by atoms with E-state index < -0.39 is 5.82 Å². The van der Waals surface area contributed by atoms with Gasteiger partial charge in [-0.05, 0) is 58.2 Å². The molecule has 0 aliphatic heterocycles. The van der Waals surface area contributed by atoms with Crippen LogP contribution in [0.25, 0.3) is 0 Å². The zero-order valence-corrected chi connectivity index (χ0v) is 12.5. The summed E-state index contributed by atoms with van der Waals surface area (Å²) in [5.74, 6) is -0.969. The van der Waals surface area contributed by atoms with E-state index >= 15 is 0 Å². The highest BCUT2D eigenvalue weighted by Crippen LogP contribution is 2.29. The number of hydrogen-bond donors (Lipinski definition) is 2. The Balaban J connectivity index is 2.14. The van der Waals surface area contributed by atoms with Crippen molar-refractivity contribution in [3.63, 3.8) is 0 Å². The average Bonchev–Trinajstić information content (AvgIpc) is 2.36. The topological polar surface area (TPSA) is 32.3 Å². The van der Waals surface area contributed by atoms with Gasteiger partial charge < -0.3 is 10.4 Å². The van der Waals surface area contributed by atoms with Crippen LogP contribution >= 0.6 is 27.5 Å². The molecular formula is C14H12BrClFNO. The van der Waals surface area contributed by atoms with Gasteiger partial charge in [-0.2, -0.15) is 0 Å². The van der Waals surface area contributed by atoms with Gasteiger partial charge in [-0.25, -0.2) is 4.39 Å². The highest BCUT2D eigenvalue weighted by Gasteiger charge is 2.05. The fraction of sp³-hybridized carbons (Fsp3) is 0.143. The molecule has 0 aliphatic rings. The Morgan fingerprint density at radius 1 is 1.32 bits per heavy atom. The SMILES string of the molecule is Cc1cc(Br)c(NCc2ccc(O)c(F)c2)cc1Cl. The first-order chi connectivity index (χ1) is 8.97. The van der Waals surface area contributed by atoms with Crippen LogP contribution in [-0.4, -0.2) is 5.11 Å². The molecule has 0 saturated heterocycles. The lowest BCUT2D eigenvalue weighted by Crippen LogP contribution is -2.01. The predicted molar refractivity (Wildman–Crippen MR) is 79.3 cm³/mol. The van der Waals surface area contributed by atoms with E-state index in [2.05, 4.69) is 21.2 Å². The van der Waals surface area contributed by atoms with Crippen molar-refractivity contribution in [1.29, 1.82) is 0 Å². The van der Waals surface area contributed by atoms with Gasteiger partial charge >= 0.3 is 0 Å². The number of halogens is 3. The zero-order chi connectivity index (χ0) is 14.0. The first-order valence-corrected chi connectivity index (χ1v) is 6.81. The van der Waals surface area contributed by atoms with Crippen molar-refractivity contribution in [2.24, 2.45) is 0 Å². The quantitative estimate of drug-likeness (QED) is 0.833. The summed E-state index contributed by atoms with van der Waals surface area (Å²) in [6.07, 6.45) is 0. The summed E-state index contributed by atoms with van der Waals surface area (Å²) in [4.78, 5) is 0. The van der Waals surface area contributed by atoms with E-state index in [-0.39, 0.29) is 5.75 Å². The fourth-order valence-electron chi connectivity index (χ4n) is 1.64. The number of nitrogens with one attached hydrogen (secondary N) is 1. The monoisotopic (exact) mass is 343 g/mol. The van der Waals surface area contributed by atoms with Crippen molar-refractivity contribution in [3.8, 4) is 5.75 Å². The summed E-state index contributed by atoms with van der Waals surface area (Å²) < 4.78 is 14.1. The van der Waals surface area contributed by atoms with Gasteiger partial charge in [0.15, 0.2) is 11.6 Å². The third-order valence-electron chi connectivity index (χ3n) is 2.74. The lowest BCUT2D eigenvalue weighted by molar-refractivity contribution is 0.432. The second kappa shape index (κ2) is 5.80. The van der Waals surface area contributed by atoms with Crippen molar-refractivity contribution >= 4 is 33.2 Å². The van der Waals surface area contributed by atoms with Crippen LogP contribution in [0.2, 0.25) is 5.02 Å². The van der Waals surface area contributed by atoms with E-state index in [1.165, 1.54) is 12.1 Å². The lowest BCUT2D eigenvalue weighted by Gasteiger charge is -2.11. The van der Waals surface area contributed by atoms with E-state index in [0.29, 0.717) is 11.6 Å². The molecule has 2 aromatic rings. The molecule has 0 atom stereocenters. The smallest absolute Gasteiger partial charge is 0.165 e. The Morgan fingerprint density at radius 3 is 2.74 bits per heavy atom. The van der Waals surface area contributed by atoms with E-state index in [0.717, 1.165) is 21.3 Å². The van der Waals surface area contributed by atoms with Crippen molar-refractivity contribution in [3.05, 3.63) is 56.8 Å². The summed E-state index contributed by atoms with van der Waals surface area (Å²) in [5, 5.41) is 13.0. The van der Waals surface area contributed by atoms with Gasteiger partial charge in [0.2, 0.25) is 0 Å². The van der Waals surface area contributed by atoms with E-state index in [9.17, 15) is 4.39 Å². The molecule has 0 bridgehead atoms. The summed E-state index contributed by atoms with van der Waals surface area (Å²) in [7, 11) is 0. The standard InChI is InChI=1S/C14H12BrClFNO/c1-8-4-10(15)13(6-11(8)16)18-7-9-2-3-14(19)12(17)5-9/h2-6,18-19H,7H2,1H3. The van der Waals surface area contributed by atoms with Crippen LogP contribution in [0.5, 0.6) is 5.75 Å². The number of anilines is 1. The average molecular weight is 345 g/mol. The van der Waals surface area contributed by atoms with Crippen LogP contribution in [0.1, 0.15) is 11.1 Å². The van der Waals surface area contributed by atoms with E-state index in [4.69, 9.17) is 16.7 Å². The molecule has 0 heterocycles. The number of phenolic OH excluding ortho intramolecular Hbond substituents is 1. The van der Waals surface area contributed by atoms with E-state index in [1.807, 2.05) is 19.1 Å². The molecule has 19 heavy (non-hydrogen) atoms. The molecule has 0 spiro atoms. The van der Waals surface area contributed by atoms with Crippen molar-refractivity contribution < 1.29 is 9.50 Å². The van der Waals surface area contributed by atoms with Crippen LogP contribution in [0.3, 0.4) is 0 Å². The molecule has 0 amide bonds. The lowest BCUT2D eigenvalue weighted by atomic mass is 10.2. The third kappa shape index (κ3) is 3.39. The number of benzene rings is 2. The number of phenols is 1. The molecule has 0 aromatic heterocycles. The minimum atomic E-state index is -0.625. The summed E-state index contributed by atoms with van der Waals surface area (Å²) in [5.41, 5.74) is 2.55. The molecule has 2 rings (SSSR count). The van der Waals surface area contributed by atoms with Crippen LogP contribution in [0, 0.1) is 12.7 Å². The Labute approximate surface area is 124 Å². The van der Waals surface area contributed by atoms with Gasteiger partial charge in [0.05, 0.1) is 5.69 Å². The highest BCUT2D eigenvalue weighted by molar-refractivity contribution is 9.10. The first-order valence-electron chi connectivity index (χ1n) is 5.64. The van der Waals surface area contributed by atoms with Crippen LogP contribution < -0.4 is 5.32 Å². The molecule has 2 nitrogen and oxygen atoms in total. The van der Waals surface area contributed by atoms with Crippen LogP contribution in [0.4, 0.5) is 10.1 Å². The van der Waals surface area contributed by atoms with Crippen LogP contribution in [-0.2, 0) is 6.54 Å². The Hall–Kier alpha value is -1.26. The van der Waals surface area contributed by atoms with Gasteiger partial charge in [0, 0.05) is 16.0 Å². The highest BCUT2D eigenvalue weighted by atomic mass is 79.9. The number of aryl methyl sites for hydroxylation is 1. The number of hydrogen-bond acceptors (Lipinski definition) is 2. The molecular weight excluding hydrogens is 333 g/mol. The molecule has 0 saturated carbocycles. The van der Waals surface area contributed by atoms with Gasteiger partial charge in [-0.1, -0.05) is 17.7 Å². The molecule has 2 aromatic carbocycles. The van der Waals surface area contributed by atoms with Gasteiger partial charge in [-0.15, -0.1) is 0 Å². The first kappa shape index (κ1) is 14.2. The molecule has 2 N–H and O–H groups in total. The second-order valence-corrected chi connectivity index (χ2v) is 5.48. The van der Waals surface area contributed by atoms with E-state index in [1.54, 1.807) is 6.07 Å². The van der Waals surface area contributed by atoms with Crippen molar-refractivity contribution in [2.75, 3.05) is 5.32 Å². The van der Waals surface area contributed by atoms with Crippen molar-refractivity contribution in [2.45, 2.75) is 13.5 Å². The predicted octanol–water partition coefficient (Wildman–Crippen LogP) is 4.87. The Morgan fingerprint density at radius 2 is 2.05 bits per heavy atom. The number of rotatable bonds is 3. The third-order valence-corrected chi connectivity index (χ3v) is 3.81. The minimum absolute atomic E-state index is 0.344. The summed E-state index contributed by atoms with van der Waals surface area (Å²) in [6.45, 7) is 2.36. The summed E-state index contributed by atoms with van der Waals surface area (Å²) in [6, 6.07) is 8.03. The maximum Gasteiger partial charge on any atom is 0.165 e. The zero-order valence-electron chi connectivity index (χ0n) is 10.2. The Kier molecular flexibility index (Phi) is 4.32. The molecule has 5 heteroatoms. The van der Waals surface area contributed by atoms with Gasteiger partial charge in [0.1, 0.15) is 0 Å². The maximum atomic E-state index is 13.2. The Bertz CT molecular complexity index is 619. The molecule has 0 fully saturated rings. The largest absolute Gasteiger partial charge is 0.505 e. The minimum Gasteiger partial charge on any atom is -0.505 e. The molecule has 0 unspecified atom stereocenters. The molecule has 0 radical (unpaired) electrons. The van der Waals surface area contributed by atoms with Gasteiger partial charge in [-0.3, -0.25) is 0 Å².